The Labute approximate surface area is 117 Å². The Hall–Kier alpha value is -0.860. The molecule has 1 heterocycles. The molecule has 0 spiro atoms. The third-order valence-electron chi connectivity index (χ3n) is 4.00. The zero-order valence-corrected chi connectivity index (χ0v) is 12.5. The second kappa shape index (κ2) is 7.06. The van der Waals surface area contributed by atoms with Crippen LogP contribution in [-0.4, -0.2) is 19.3 Å². The molecule has 1 aliphatic heterocycles. The quantitative estimate of drug-likeness (QED) is 0.843. The summed E-state index contributed by atoms with van der Waals surface area (Å²) in [7, 11) is 0. The molecule has 0 radical (unpaired) electrons. The monoisotopic (exact) mass is 261 g/mol. The lowest BCUT2D eigenvalue weighted by atomic mass is 9.94. The molecule has 2 heteroatoms. The maximum atomic E-state index is 5.69. The van der Waals surface area contributed by atoms with Gasteiger partial charge in [-0.15, -0.1) is 0 Å². The number of nitrogens with one attached hydrogen (secondary N) is 1. The van der Waals surface area contributed by atoms with Gasteiger partial charge in [-0.2, -0.15) is 0 Å². The maximum absolute atomic E-state index is 5.69. The number of aryl methyl sites for hydroxylation is 1. The van der Waals surface area contributed by atoms with Crippen molar-refractivity contribution in [2.75, 3.05) is 13.2 Å². The topological polar surface area (TPSA) is 21.3 Å². The lowest BCUT2D eigenvalue weighted by Gasteiger charge is -2.25. The van der Waals surface area contributed by atoms with E-state index in [-0.39, 0.29) is 0 Å². The molecule has 19 heavy (non-hydrogen) atoms. The van der Waals surface area contributed by atoms with Crippen molar-refractivity contribution in [3.63, 3.8) is 0 Å². The van der Waals surface area contributed by atoms with Gasteiger partial charge in [0.2, 0.25) is 0 Å². The number of benzene rings is 1. The van der Waals surface area contributed by atoms with Crippen LogP contribution in [0, 0.1) is 5.92 Å². The first-order valence-corrected chi connectivity index (χ1v) is 7.64. The van der Waals surface area contributed by atoms with Crippen LogP contribution in [0.5, 0.6) is 0 Å². The lowest BCUT2D eigenvalue weighted by Crippen LogP contribution is -2.32. The highest BCUT2D eigenvalue weighted by atomic mass is 16.5. The minimum absolute atomic E-state index is 0.413. The Morgan fingerprint density at radius 2 is 2.00 bits per heavy atom. The Balaban J connectivity index is 1.97. The molecule has 0 saturated carbocycles. The maximum Gasteiger partial charge on any atom is 0.0700 e. The predicted molar refractivity (Wildman–Crippen MR) is 80.4 cm³/mol. The normalized spacial score (nSPS) is 20.9. The Morgan fingerprint density at radius 3 is 2.53 bits per heavy atom. The Kier molecular flexibility index (Phi) is 5.41. The summed E-state index contributed by atoms with van der Waals surface area (Å²) >= 11 is 0. The minimum atomic E-state index is 0.413. The van der Waals surface area contributed by atoms with E-state index in [2.05, 4.69) is 50.4 Å². The molecular weight excluding hydrogens is 234 g/mol. The van der Waals surface area contributed by atoms with Gasteiger partial charge in [0.15, 0.2) is 0 Å². The summed E-state index contributed by atoms with van der Waals surface area (Å²) in [6, 6.07) is 9.46. The molecule has 1 aliphatic rings. The molecule has 2 unspecified atom stereocenters. The van der Waals surface area contributed by atoms with Crippen LogP contribution in [0.1, 0.15) is 50.8 Å². The molecular formula is C17H27NO. The molecule has 2 atom stereocenters. The van der Waals surface area contributed by atoms with Crippen molar-refractivity contribution in [1.82, 2.24) is 5.32 Å². The van der Waals surface area contributed by atoms with Gasteiger partial charge in [-0.05, 0) is 36.3 Å². The smallest absolute Gasteiger partial charge is 0.0700 e. The van der Waals surface area contributed by atoms with Crippen molar-refractivity contribution in [3.8, 4) is 0 Å². The first kappa shape index (κ1) is 14.5. The van der Waals surface area contributed by atoms with Gasteiger partial charge in [0.25, 0.3) is 0 Å². The largest absolute Gasteiger partial charge is 0.377 e. The van der Waals surface area contributed by atoms with Crippen molar-refractivity contribution in [2.45, 2.75) is 52.2 Å². The molecule has 106 valence electrons. The molecule has 1 saturated heterocycles. The van der Waals surface area contributed by atoms with Crippen LogP contribution in [0.25, 0.3) is 0 Å². The first-order valence-electron chi connectivity index (χ1n) is 7.64. The van der Waals surface area contributed by atoms with Gasteiger partial charge >= 0.3 is 0 Å². The number of ether oxygens (including phenoxy) is 1. The second-order valence-electron chi connectivity index (χ2n) is 5.86. The van der Waals surface area contributed by atoms with E-state index in [4.69, 9.17) is 4.74 Å². The minimum Gasteiger partial charge on any atom is -0.377 e. The molecule has 1 aromatic carbocycles. The lowest BCUT2D eigenvalue weighted by molar-refractivity contribution is 0.105. The summed E-state index contributed by atoms with van der Waals surface area (Å²) in [5.41, 5.74) is 2.80. The zero-order valence-electron chi connectivity index (χ0n) is 12.5. The highest BCUT2D eigenvalue weighted by Crippen LogP contribution is 2.23. The summed E-state index contributed by atoms with van der Waals surface area (Å²) in [5.74, 6) is 0.592. The fourth-order valence-corrected chi connectivity index (χ4v) is 2.76. The van der Waals surface area contributed by atoms with Crippen molar-refractivity contribution < 1.29 is 4.74 Å². The van der Waals surface area contributed by atoms with Crippen molar-refractivity contribution >= 4 is 0 Å². The van der Waals surface area contributed by atoms with E-state index in [1.807, 2.05) is 0 Å². The fourth-order valence-electron chi connectivity index (χ4n) is 2.76. The number of hydrogen-bond acceptors (Lipinski definition) is 2. The Bertz CT molecular complexity index is 365. The summed E-state index contributed by atoms with van der Waals surface area (Å²) in [6.07, 6.45) is 3.93. The summed E-state index contributed by atoms with van der Waals surface area (Å²) in [6.45, 7) is 8.66. The van der Waals surface area contributed by atoms with Gasteiger partial charge in [0.1, 0.15) is 0 Å². The molecule has 1 aromatic rings. The summed E-state index contributed by atoms with van der Waals surface area (Å²) in [5, 5.41) is 3.69. The van der Waals surface area contributed by atoms with Crippen LogP contribution in [0.2, 0.25) is 0 Å². The van der Waals surface area contributed by atoms with Crippen LogP contribution >= 0.6 is 0 Å². The zero-order chi connectivity index (χ0) is 13.7. The van der Waals surface area contributed by atoms with E-state index in [9.17, 15) is 0 Å². The SMILES string of the molecule is CCc1ccc(C(NCC2CCCO2)C(C)C)cc1. The number of hydrogen-bond donors (Lipinski definition) is 1. The standard InChI is InChI=1S/C17H27NO/c1-4-14-7-9-15(10-8-14)17(13(2)3)18-12-16-6-5-11-19-16/h7-10,13,16-18H,4-6,11-12H2,1-3H3. The van der Waals surface area contributed by atoms with E-state index >= 15 is 0 Å². The summed E-state index contributed by atoms with van der Waals surface area (Å²) < 4.78 is 5.69. The van der Waals surface area contributed by atoms with Crippen LogP contribution in [0.15, 0.2) is 24.3 Å². The van der Waals surface area contributed by atoms with Gasteiger partial charge in [-0.1, -0.05) is 45.0 Å². The van der Waals surface area contributed by atoms with E-state index in [1.165, 1.54) is 24.0 Å². The third kappa shape index (κ3) is 4.05. The van der Waals surface area contributed by atoms with Crippen LogP contribution in [0.4, 0.5) is 0 Å². The molecule has 2 rings (SSSR count). The van der Waals surface area contributed by atoms with Crippen molar-refractivity contribution in [2.24, 2.45) is 5.92 Å². The van der Waals surface area contributed by atoms with E-state index in [1.54, 1.807) is 0 Å². The van der Waals surface area contributed by atoms with Gasteiger partial charge < -0.3 is 10.1 Å². The third-order valence-corrected chi connectivity index (χ3v) is 4.00. The van der Waals surface area contributed by atoms with Gasteiger partial charge in [-0.25, -0.2) is 0 Å². The Morgan fingerprint density at radius 1 is 1.26 bits per heavy atom. The van der Waals surface area contributed by atoms with E-state index in [0.29, 0.717) is 18.1 Å². The predicted octanol–water partition coefficient (Wildman–Crippen LogP) is 3.71. The molecule has 1 fully saturated rings. The van der Waals surface area contributed by atoms with Crippen molar-refractivity contribution in [3.05, 3.63) is 35.4 Å². The van der Waals surface area contributed by atoms with E-state index in [0.717, 1.165) is 19.6 Å². The first-order chi connectivity index (χ1) is 9.20. The van der Waals surface area contributed by atoms with Crippen LogP contribution < -0.4 is 5.32 Å². The molecule has 0 amide bonds. The molecule has 2 nitrogen and oxygen atoms in total. The van der Waals surface area contributed by atoms with Gasteiger partial charge in [0.05, 0.1) is 6.10 Å². The van der Waals surface area contributed by atoms with Crippen molar-refractivity contribution in [1.29, 1.82) is 0 Å². The van der Waals surface area contributed by atoms with Gasteiger partial charge in [0, 0.05) is 19.2 Å². The highest BCUT2D eigenvalue weighted by molar-refractivity contribution is 5.25. The average Bonchev–Trinajstić information content (AvgIpc) is 2.92. The second-order valence-corrected chi connectivity index (χ2v) is 5.86. The van der Waals surface area contributed by atoms with Gasteiger partial charge in [-0.3, -0.25) is 0 Å². The van der Waals surface area contributed by atoms with Crippen LogP contribution in [-0.2, 0) is 11.2 Å². The molecule has 0 aliphatic carbocycles. The highest BCUT2D eigenvalue weighted by Gasteiger charge is 2.20. The fraction of sp³-hybridized carbons (Fsp3) is 0.647. The molecule has 0 aromatic heterocycles. The number of rotatable bonds is 6. The van der Waals surface area contributed by atoms with Crippen LogP contribution in [0.3, 0.4) is 0 Å². The summed E-state index contributed by atoms with van der Waals surface area (Å²) in [4.78, 5) is 0. The average molecular weight is 261 g/mol. The molecule has 0 bridgehead atoms. The molecule has 1 N–H and O–H groups in total. The van der Waals surface area contributed by atoms with E-state index < -0.39 is 0 Å².